The van der Waals surface area contributed by atoms with Gasteiger partial charge in [0.2, 0.25) is 0 Å². The first-order valence-corrected chi connectivity index (χ1v) is 8.17. The molecule has 1 aromatic rings. The number of hydrogen-bond donors (Lipinski definition) is 1. The first-order chi connectivity index (χ1) is 9.69. The smallest absolute Gasteiger partial charge is 0.0233 e. The minimum atomic E-state index is 0.774. The highest BCUT2D eigenvalue weighted by atomic mass is 15.1. The van der Waals surface area contributed by atoms with Crippen LogP contribution < -0.4 is 5.32 Å². The van der Waals surface area contributed by atoms with Gasteiger partial charge in [0.25, 0.3) is 0 Å². The summed E-state index contributed by atoms with van der Waals surface area (Å²) < 4.78 is 0. The third-order valence-corrected chi connectivity index (χ3v) is 4.53. The van der Waals surface area contributed by atoms with Gasteiger partial charge < -0.3 is 5.32 Å². The first-order valence-electron chi connectivity index (χ1n) is 8.17. The molecule has 112 valence electrons. The normalized spacial score (nSPS) is 23.2. The zero-order valence-corrected chi connectivity index (χ0v) is 13.4. The van der Waals surface area contributed by atoms with Crippen LogP contribution in [0.25, 0.3) is 0 Å². The van der Waals surface area contributed by atoms with Crippen molar-refractivity contribution >= 4 is 0 Å². The van der Waals surface area contributed by atoms with Gasteiger partial charge in [-0.15, -0.1) is 0 Å². The molecule has 1 N–H and O–H groups in total. The van der Waals surface area contributed by atoms with Crippen LogP contribution in [0.2, 0.25) is 0 Å². The molecule has 1 aliphatic rings. The Morgan fingerprint density at radius 1 is 1.25 bits per heavy atom. The van der Waals surface area contributed by atoms with Gasteiger partial charge in [-0.1, -0.05) is 51.0 Å². The van der Waals surface area contributed by atoms with Crippen molar-refractivity contribution < 1.29 is 0 Å². The van der Waals surface area contributed by atoms with Gasteiger partial charge in [-0.2, -0.15) is 0 Å². The molecule has 0 radical (unpaired) electrons. The van der Waals surface area contributed by atoms with E-state index in [9.17, 15) is 0 Å². The molecule has 0 amide bonds. The zero-order valence-electron chi connectivity index (χ0n) is 13.4. The molecule has 2 heteroatoms. The van der Waals surface area contributed by atoms with E-state index in [2.05, 4.69) is 55.4 Å². The van der Waals surface area contributed by atoms with Crippen LogP contribution in [0.5, 0.6) is 0 Å². The molecule has 2 nitrogen and oxygen atoms in total. The average Bonchev–Trinajstić information content (AvgIpc) is 2.45. The Bertz CT molecular complexity index is 402. The third-order valence-electron chi connectivity index (χ3n) is 4.53. The predicted molar refractivity (Wildman–Crippen MR) is 86.7 cm³/mol. The SMILES string of the molecule is CCNCc1cccc(CN(C)C2CCCC(C)C2)c1. The summed E-state index contributed by atoms with van der Waals surface area (Å²) in [6, 6.07) is 9.80. The van der Waals surface area contributed by atoms with Crippen LogP contribution >= 0.6 is 0 Å². The third kappa shape index (κ3) is 4.60. The van der Waals surface area contributed by atoms with Crippen molar-refractivity contribution in [1.29, 1.82) is 0 Å². The Hall–Kier alpha value is -0.860. The average molecular weight is 274 g/mol. The van der Waals surface area contributed by atoms with E-state index in [1.807, 2.05) is 0 Å². The zero-order chi connectivity index (χ0) is 14.4. The molecule has 0 aliphatic heterocycles. The van der Waals surface area contributed by atoms with Crippen molar-refractivity contribution in [2.75, 3.05) is 13.6 Å². The maximum absolute atomic E-state index is 3.40. The fourth-order valence-corrected chi connectivity index (χ4v) is 3.33. The largest absolute Gasteiger partial charge is 0.313 e. The second-order valence-corrected chi connectivity index (χ2v) is 6.44. The second-order valence-electron chi connectivity index (χ2n) is 6.44. The fourth-order valence-electron chi connectivity index (χ4n) is 3.33. The molecule has 0 heterocycles. The van der Waals surface area contributed by atoms with Gasteiger partial charge in [0.05, 0.1) is 0 Å². The molecule has 1 aliphatic carbocycles. The molecule has 1 aromatic carbocycles. The standard InChI is InChI=1S/C18H30N2/c1-4-19-13-16-8-6-9-17(12-16)14-20(3)18-10-5-7-15(2)11-18/h6,8-9,12,15,18-19H,4-5,7,10-11,13-14H2,1-3H3. The molecule has 0 spiro atoms. The van der Waals surface area contributed by atoms with Crippen molar-refractivity contribution in [3.05, 3.63) is 35.4 Å². The number of rotatable bonds is 6. The number of nitrogens with one attached hydrogen (secondary N) is 1. The minimum absolute atomic E-state index is 0.774. The molecular weight excluding hydrogens is 244 g/mol. The van der Waals surface area contributed by atoms with E-state index >= 15 is 0 Å². The lowest BCUT2D eigenvalue weighted by atomic mass is 9.86. The van der Waals surface area contributed by atoms with Crippen LogP contribution in [-0.4, -0.2) is 24.5 Å². The molecular formula is C18H30N2. The van der Waals surface area contributed by atoms with Gasteiger partial charge in [-0.25, -0.2) is 0 Å². The molecule has 1 saturated carbocycles. The number of benzene rings is 1. The van der Waals surface area contributed by atoms with E-state index < -0.39 is 0 Å². The molecule has 20 heavy (non-hydrogen) atoms. The molecule has 0 saturated heterocycles. The highest BCUT2D eigenvalue weighted by Gasteiger charge is 2.22. The first kappa shape index (κ1) is 15.5. The summed E-state index contributed by atoms with van der Waals surface area (Å²) in [5.41, 5.74) is 2.84. The highest BCUT2D eigenvalue weighted by Crippen LogP contribution is 2.27. The Labute approximate surface area is 124 Å². The van der Waals surface area contributed by atoms with E-state index in [4.69, 9.17) is 0 Å². The van der Waals surface area contributed by atoms with Crippen LogP contribution in [0.15, 0.2) is 24.3 Å². The maximum atomic E-state index is 3.40. The van der Waals surface area contributed by atoms with Crippen LogP contribution in [0.3, 0.4) is 0 Å². The van der Waals surface area contributed by atoms with E-state index in [1.165, 1.54) is 36.8 Å². The van der Waals surface area contributed by atoms with E-state index in [1.54, 1.807) is 0 Å². The molecule has 2 rings (SSSR count). The van der Waals surface area contributed by atoms with Crippen molar-refractivity contribution in [3.63, 3.8) is 0 Å². The molecule has 2 atom stereocenters. The summed E-state index contributed by atoms with van der Waals surface area (Å²) in [5, 5.41) is 3.40. The minimum Gasteiger partial charge on any atom is -0.313 e. The van der Waals surface area contributed by atoms with Crippen LogP contribution in [-0.2, 0) is 13.1 Å². The maximum Gasteiger partial charge on any atom is 0.0233 e. The lowest BCUT2D eigenvalue weighted by molar-refractivity contribution is 0.157. The Morgan fingerprint density at radius 2 is 2.05 bits per heavy atom. The Balaban J connectivity index is 1.91. The summed E-state index contributed by atoms with van der Waals surface area (Å²) in [6.45, 7) is 7.65. The number of nitrogens with zero attached hydrogens (tertiary/aromatic N) is 1. The van der Waals surface area contributed by atoms with Crippen LogP contribution in [0, 0.1) is 5.92 Å². The topological polar surface area (TPSA) is 15.3 Å². The summed E-state index contributed by atoms with van der Waals surface area (Å²) in [5.74, 6) is 0.899. The molecule has 2 unspecified atom stereocenters. The second kappa shape index (κ2) is 7.80. The van der Waals surface area contributed by atoms with Gasteiger partial charge in [0.15, 0.2) is 0 Å². The van der Waals surface area contributed by atoms with Crippen molar-refractivity contribution in [2.24, 2.45) is 5.92 Å². The molecule has 0 aromatic heterocycles. The van der Waals surface area contributed by atoms with Gasteiger partial charge in [0, 0.05) is 19.1 Å². The van der Waals surface area contributed by atoms with Crippen molar-refractivity contribution in [1.82, 2.24) is 10.2 Å². The van der Waals surface area contributed by atoms with E-state index in [-0.39, 0.29) is 0 Å². The Morgan fingerprint density at radius 3 is 2.80 bits per heavy atom. The highest BCUT2D eigenvalue weighted by molar-refractivity contribution is 5.23. The van der Waals surface area contributed by atoms with Gasteiger partial charge in [0.1, 0.15) is 0 Å². The molecule has 1 fully saturated rings. The van der Waals surface area contributed by atoms with Crippen LogP contribution in [0.4, 0.5) is 0 Å². The monoisotopic (exact) mass is 274 g/mol. The predicted octanol–water partition coefficient (Wildman–Crippen LogP) is 3.81. The van der Waals surface area contributed by atoms with Crippen molar-refractivity contribution in [3.8, 4) is 0 Å². The summed E-state index contributed by atoms with van der Waals surface area (Å²) in [7, 11) is 2.29. The fraction of sp³-hybridized carbons (Fsp3) is 0.667. The Kier molecular flexibility index (Phi) is 6.06. The van der Waals surface area contributed by atoms with Gasteiger partial charge >= 0.3 is 0 Å². The summed E-state index contributed by atoms with van der Waals surface area (Å²) in [6.07, 6.45) is 5.56. The van der Waals surface area contributed by atoms with E-state index in [0.717, 1.165) is 31.6 Å². The van der Waals surface area contributed by atoms with E-state index in [0.29, 0.717) is 0 Å². The van der Waals surface area contributed by atoms with Gasteiger partial charge in [-0.05, 0) is 43.5 Å². The van der Waals surface area contributed by atoms with Crippen LogP contribution in [0.1, 0.15) is 50.7 Å². The van der Waals surface area contributed by atoms with Gasteiger partial charge in [-0.3, -0.25) is 4.90 Å². The lowest BCUT2D eigenvalue weighted by Crippen LogP contribution is -2.35. The quantitative estimate of drug-likeness (QED) is 0.848. The lowest BCUT2D eigenvalue weighted by Gasteiger charge is -2.34. The summed E-state index contributed by atoms with van der Waals surface area (Å²) >= 11 is 0. The summed E-state index contributed by atoms with van der Waals surface area (Å²) in [4.78, 5) is 2.56. The molecule has 0 bridgehead atoms. The number of hydrogen-bond acceptors (Lipinski definition) is 2. The van der Waals surface area contributed by atoms with Crippen molar-refractivity contribution in [2.45, 2.75) is 58.7 Å².